The van der Waals surface area contributed by atoms with Crippen molar-refractivity contribution in [3.8, 4) is 0 Å². The number of alkyl halides is 3. The Morgan fingerprint density at radius 2 is 1.81 bits per heavy atom. The van der Waals surface area contributed by atoms with Crippen LogP contribution in [-0.2, 0) is 4.79 Å². The van der Waals surface area contributed by atoms with E-state index in [0.717, 1.165) is 4.90 Å². The number of carbonyl (C=O) groups excluding carboxylic acids is 2. The third-order valence-corrected chi connectivity index (χ3v) is 5.77. The van der Waals surface area contributed by atoms with E-state index in [0.29, 0.717) is 16.5 Å². The van der Waals surface area contributed by atoms with Crippen LogP contribution < -0.4 is 10.2 Å². The van der Waals surface area contributed by atoms with Crippen LogP contribution in [0, 0.1) is 5.82 Å². The molecule has 0 aliphatic carbocycles. The van der Waals surface area contributed by atoms with Gasteiger partial charge in [-0.1, -0.05) is 6.92 Å². The van der Waals surface area contributed by atoms with Gasteiger partial charge >= 0.3 is 11.5 Å². The average molecular weight is 449 g/mol. The Labute approximate surface area is 178 Å². The number of carbonyl (C=O) groups is 2. The zero-order chi connectivity index (χ0) is 22.3. The molecule has 0 spiro atoms. The van der Waals surface area contributed by atoms with Gasteiger partial charge < -0.3 is 5.32 Å². The number of thioether (sulfide) groups is 1. The van der Waals surface area contributed by atoms with Gasteiger partial charge in [-0.3, -0.25) is 9.78 Å². The second kappa shape index (κ2) is 7.84. The van der Waals surface area contributed by atoms with Gasteiger partial charge in [0.1, 0.15) is 11.9 Å². The zero-order valence-electron chi connectivity index (χ0n) is 16.0. The summed E-state index contributed by atoms with van der Waals surface area (Å²) in [5.74, 6) is -1.42. The van der Waals surface area contributed by atoms with Crippen molar-refractivity contribution in [1.29, 1.82) is 0 Å². The Morgan fingerprint density at radius 3 is 2.48 bits per heavy atom. The highest BCUT2D eigenvalue weighted by atomic mass is 32.2. The Hall–Kier alpha value is -3.14. The van der Waals surface area contributed by atoms with Crippen molar-refractivity contribution in [3.63, 3.8) is 0 Å². The molecule has 1 saturated heterocycles. The molecule has 2 atom stereocenters. The predicted octanol–water partition coefficient (Wildman–Crippen LogP) is 5.21. The summed E-state index contributed by atoms with van der Waals surface area (Å²) in [7, 11) is 0. The maximum absolute atomic E-state index is 13.5. The fourth-order valence-corrected chi connectivity index (χ4v) is 4.14. The molecule has 0 bridgehead atoms. The van der Waals surface area contributed by atoms with E-state index in [2.05, 4.69) is 10.3 Å². The maximum Gasteiger partial charge on any atom is 0.446 e. The highest BCUT2D eigenvalue weighted by Gasteiger charge is 2.42. The first kappa shape index (κ1) is 21.1. The molecule has 1 aromatic heterocycles. The van der Waals surface area contributed by atoms with Gasteiger partial charge in [0.15, 0.2) is 0 Å². The number of urea groups is 1. The number of hydrogen-bond acceptors (Lipinski definition) is 4. The Balaban J connectivity index is 1.60. The Kier molecular flexibility index (Phi) is 5.34. The van der Waals surface area contributed by atoms with Crippen molar-refractivity contribution < 1.29 is 27.2 Å². The molecule has 3 amide bonds. The van der Waals surface area contributed by atoms with Gasteiger partial charge in [-0.05, 0) is 59.8 Å². The number of halogens is 4. The fourth-order valence-electron chi connectivity index (χ4n) is 3.60. The monoisotopic (exact) mass is 449 g/mol. The number of nitrogens with one attached hydrogen (secondary N) is 1. The number of benzene rings is 2. The van der Waals surface area contributed by atoms with Crippen LogP contribution in [0.1, 0.15) is 18.4 Å². The molecule has 5 nitrogen and oxygen atoms in total. The van der Waals surface area contributed by atoms with E-state index < -0.39 is 35.2 Å². The third-order valence-electron chi connectivity index (χ3n) is 5.03. The zero-order valence-corrected chi connectivity index (χ0v) is 16.8. The summed E-state index contributed by atoms with van der Waals surface area (Å²) in [4.78, 5) is 30.5. The normalized spacial score (nSPS) is 17.8. The van der Waals surface area contributed by atoms with Crippen LogP contribution in [-0.4, -0.2) is 28.5 Å². The van der Waals surface area contributed by atoms with Gasteiger partial charge in [-0.2, -0.15) is 13.2 Å². The molecule has 0 radical (unpaired) electrons. The first-order chi connectivity index (χ1) is 14.6. The van der Waals surface area contributed by atoms with Crippen molar-refractivity contribution in [1.82, 2.24) is 10.3 Å². The predicted molar refractivity (Wildman–Crippen MR) is 108 cm³/mol. The van der Waals surface area contributed by atoms with Crippen LogP contribution in [0.5, 0.6) is 0 Å². The van der Waals surface area contributed by atoms with Gasteiger partial charge in [0.2, 0.25) is 0 Å². The lowest BCUT2D eigenvalue weighted by molar-refractivity contribution is -0.118. The van der Waals surface area contributed by atoms with E-state index in [4.69, 9.17) is 0 Å². The largest absolute Gasteiger partial charge is 0.446 e. The number of nitrogens with zero attached hydrogens (tertiary/aromatic N) is 2. The number of aromatic nitrogens is 1. The second-order valence-corrected chi connectivity index (χ2v) is 8.13. The van der Waals surface area contributed by atoms with Crippen LogP contribution in [0.3, 0.4) is 0 Å². The summed E-state index contributed by atoms with van der Waals surface area (Å²) in [5.41, 5.74) is -3.12. The number of hydrogen-bond donors (Lipinski definition) is 1. The van der Waals surface area contributed by atoms with Gasteiger partial charge in [0, 0.05) is 28.5 Å². The second-order valence-electron chi connectivity index (χ2n) is 6.99. The average Bonchev–Trinajstić information content (AvgIpc) is 3.00. The van der Waals surface area contributed by atoms with Gasteiger partial charge in [0.05, 0.1) is 11.2 Å². The van der Waals surface area contributed by atoms with Crippen molar-refractivity contribution >= 4 is 40.3 Å². The van der Waals surface area contributed by atoms with Gasteiger partial charge in [-0.25, -0.2) is 14.1 Å². The molecular weight excluding hydrogens is 434 g/mol. The highest BCUT2D eigenvalue weighted by molar-refractivity contribution is 8.00. The van der Waals surface area contributed by atoms with Crippen molar-refractivity contribution in [2.75, 3.05) is 4.90 Å². The summed E-state index contributed by atoms with van der Waals surface area (Å²) in [6.07, 6.45) is 1.50. The first-order valence-corrected chi connectivity index (χ1v) is 10.00. The lowest BCUT2D eigenvalue weighted by Gasteiger charge is -2.20. The van der Waals surface area contributed by atoms with Crippen molar-refractivity contribution in [2.45, 2.75) is 29.3 Å². The van der Waals surface area contributed by atoms with Gasteiger partial charge in [-0.15, -0.1) is 0 Å². The maximum atomic E-state index is 13.5. The summed E-state index contributed by atoms with van der Waals surface area (Å²) in [6, 6.07) is 9.29. The lowest BCUT2D eigenvalue weighted by atomic mass is 9.90. The van der Waals surface area contributed by atoms with Crippen LogP contribution >= 0.6 is 11.8 Å². The molecule has 1 aliphatic heterocycles. The Bertz CT molecular complexity index is 1170. The van der Waals surface area contributed by atoms with Crippen molar-refractivity contribution in [3.05, 3.63) is 66.1 Å². The summed E-state index contributed by atoms with van der Waals surface area (Å²) in [5, 5.41) is 3.29. The molecule has 160 valence electrons. The minimum absolute atomic E-state index is 0.0521. The smallest absolute Gasteiger partial charge is 0.325 e. The molecule has 1 N–H and O–H groups in total. The first-order valence-electron chi connectivity index (χ1n) is 9.18. The highest BCUT2D eigenvalue weighted by Crippen LogP contribution is 2.38. The van der Waals surface area contributed by atoms with Crippen LogP contribution in [0.4, 0.5) is 28.0 Å². The number of fused-ring (bicyclic) bond motifs is 1. The van der Waals surface area contributed by atoms with Crippen LogP contribution in [0.25, 0.3) is 10.9 Å². The van der Waals surface area contributed by atoms with E-state index in [1.807, 2.05) is 0 Å². The molecule has 3 aromatic rings. The van der Waals surface area contributed by atoms with E-state index in [9.17, 15) is 27.2 Å². The molecule has 2 unspecified atom stereocenters. The van der Waals surface area contributed by atoms with E-state index in [1.54, 1.807) is 19.1 Å². The Morgan fingerprint density at radius 1 is 1.10 bits per heavy atom. The number of imide groups is 1. The third kappa shape index (κ3) is 4.20. The molecule has 10 heteroatoms. The molecular formula is C21H15F4N3O2S. The van der Waals surface area contributed by atoms with Crippen LogP contribution in [0.2, 0.25) is 0 Å². The molecule has 31 heavy (non-hydrogen) atoms. The minimum Gasteiger partial charge on any atom is -0.325 e. The molecule has 1 fully saturated rings. The van der Waals surface area contributed by atoms with Crippen molar-refractivity contribution in [2.24, 2.45) is 0 Å². The van der Waals surface area contributed by atoms with E-state index in [-0.39, 0.29) is 22.3 Å². The number of pyridine rings is 1. The summed E-state index contributed by atoms with van der Waals surface area (Å²) < 4.78 is 51.1. The summed E-state index contributed by atoms with van der Waals surface area (Å²) >= 11 is -0.278. The summed E-state index contributed by atoms with van der Waals surface area (Å²) in [6.45, 7) is 1.76. The molecule has 2 aromatic carbocycles. The molecule has 0 saturated carbocycles. The molecule has 4 rings (SSSR count). The number of anilines is 1. The lowest BCUT2D eigenvalue weighted by Crippen LogP contribution is -2.35. The minimum atomic E-state index is -4.43. The quantitative estimate of drug-likeness (QED) is 0.337. The standard InChI is InChI=1S/C21H15F4N3O2S/c1-11(15-8-9-26-17-10-12(22)2-7-16(15)17)18-19(29)28(20(30)27-18)13-3-5-14(6-4-13)31-21(23,24)25/h2-11,18H,1H3,(H,27,30). The number of rotatable bonds is 4. The SMILES string of the molecule is CC(c1ccnc2cc(F)ccc12)C1NC(=O)N(c2ccc(SC(F)(F)F)cc2)C1=O. The van der Waals surface area contributed by atoms with Gasteiger partial charge in [0.25, 0.3) is 5.91 Å². The fraction of sp³-hybridized carbons (Fsp3) is 0.190. The number of amides is 3. The van der Waals surface area contributed by atoms with E-state index in [1.165, 1.54) is 42.6 Å². The topological polar surface area (TPSA) is 62.3 Å². The van der Waals surface area contributed by atoms with E-state index >= 15 is 0 Å². The molecule has 2 heterocycles. The van der Waals surface area contributed by atoms with Crippen LogP contribution in [0.15, 0.2) is 59.6 Å². The molecule has 1 aliphatic rings.